The Morgan fingerprint density at radius 1 is 1.12 bits per heavy atom. The minimum absolute atomic E-state index is 0.0271. The number of pyridine rings is 1. The maximum absolute atomic E-state index is 13.5. The van der Waals surface area contributed by atoms with Gasteiger partial charge in [0, 0.05) is 42.0 Å². The highest BCUT2D eigenvalue weighted by Gasteiger charge is 2.47. The molecule has 2 aliphatic heterocycles. The van der Waals surface area contributed by atoms with Crippen LogP contribution in [-0.4, -0.2) is 48.5 Å². The third-order valence-corrected chi connectivity index (χ3v) is 7.92. The predicted molar refractivity (Wildman–Crippen MR) is 128 cm³/mol. The Kier molecular flexibility index (Phi) is 4.51. The topological polar surface area (TPSA) is 48.5 Å². The quantitative estimate of drug-likeness (QED) is 0.682. The Morgan fingerprint density at radius 2 is 1.97 bits per heavy atom. The Balaban J connectivity index is 1.27. The largest absolute Gasteiger partial charge is 0.370 e. The summed E-state index contributed by atoms with van der Waals surface area (Å²) in [7, 11) is 2.24. The van der Waals surface area contributed by atoms with Crippen molar-refractivity contribution in [1.29, 1.82) is 0 Å². The Morgan fingerprint density at radius 3 is 2.78 bits per heavy atom. The molecule has 1 aromatic heterocycles. The lowest BCUT2D eigenvalue weighted by atomic mass is 9.99. The second-order valence-electron chi connectivity index (χ2n) is 9.91. The van der Waals surface area contributed by atoms with Crippen molar-refractivity contribution in [2.45, 2.75) is 37.8 Å². The number of hydrogen-bond acceptors (Lipinski definition) is 4. The van der Waals surface area contributed by atoms with Crippen LogP contribution in [0.1, 0.15) is 40.7 Å². The zero-order valence-electron chi connectivity index (χ0n) is 18.8. The molecule has 0 spiro atoms. The third kappa shape index (κ3) is 3.18. The van der Waals surface area contributed by atoms with Crippen LogP contribution in [0.15, 0.2) is 54.7 Å². The molecule has 164 valence electrons. The minimum atomic E-state index is -0.282. The molecule has 3 fully saturated rings. The van der Waals surface area contributed by atoms with E-state index in [1.54, 1.807) is 0 Å². The maximum atomic E-state index is 13.5. The van der Waals surface area contributed by atoms with E-state index in [4.69, 9.17) is 0 Å². The first-order chi connectivity index (χ1) is 15.5. The van der Waals surface area contributed by atoms with Crippen LogP contribution >= 0.6 is 0 Å². The van der Waals surface area contributed by atoms with Gasteiger partial charge in [-0.2, -0.15) is 0 Å². The molecule has 6 rings (SSSR count). The minimum Gasteiger partial charge on any atom is -0.370 e. The average Bonchev–Trinajstić information content (AvgIpc) is 3.31. The van der Waals surface area contributed by atoms with Crippen molar-refractivity contribution in [3.8, 4) is 0 Å². The molecule has 3 aromatic rings. The fraction of sp³-hybridized carbons (Fsp3) is 0.407. The van der Waals surface area contributed by atoms with E-state index >= 15 is 0 Å². The van der Waals surface area contributed by atoms with Gasteiger partial charge in [-0.25, -0.2) is 0 Å². The Hall–Kier alpha value is -2.92. The SMILES string of the molecule is Cc1ccc(N2C[C@H]3CCN(C)[C@H]3C2)cc1C(=O)NC1(c2ccnc3ccccc23)CC1. The molecule has 1 saturated carbocycles. The van der Waals surface area contributed by atoms with Crippen molar-refractivity contribution >= 4 is 22.5 Å². The van der Waals surface area contributed by atoms with Gasteiger partial charge in [0.25, 0.3) is 5.91 Å². The predicted octanol–water partition coefficient (Wildman–Crippen LogP) is 4.10. The highest BCUT2D eigenvalue weighted by atomic mass is 16.1. The molecule has 2 atom stereocenters. The molecule has 0 unspecified atom stereocenters. The number of carbonyl (C=O) groups is 1. The fourth-order valence-electron chi connectivity index (χ4n) is 5.82. The molecule has 3 aliphatic rings. The summed E-state index contributed by atoms with van der Waals surface area (Å²) in [6.45, 7) is 5.38. The van der Waals surface area contributed by atoms with E-state index in [2.05, 4.69) is 57.5 Å². The van der Waals surface area contributed by atoms with Crippen LogP contribution in [0.25, 0.3) is 10.9 Å². The smallest absolute Gasteiger partial charge is 0.252 e. The van der Waals surface area contributed by atoms with Gasteiger partial charge in [-0.15, -0.1) is 0 Å². The van der Waals surface area contributed by atoms with Crippen LogP contribution in [0.4, 0.5) is 5.69 Å². The van der Waals surface area contributed by atoms with Gasteiger partial charge in [0.2, 0.25) is 0 Å². The number of benzene rings is 2. The normalized spacial score (nSPS) is 24.0. The summed E-state index contributed by atoms with van der Waals surface area (Å²) in [6, 6.07) is 17.3. The van der Waals surface area contributed by atoms with E-state index in [1.807, 2.05) is 31.3 Å². The lowest BCUT2D eigenvalue weighted by Crippen LogP contribution is -2.35. The summed E-state index contributed by atoms with van der Waals surface area (Å²) >= 11 is 0. The fourth-order valence-corrected chi connectivity index (χ4v) is 5.82. The van der Waals surface area contributed by atoms with Crippen molar-refractivity contribution in [3.63, 3.8) is 0 Å². The molecule has 1 N–H and O–H groups in total. The lowest BCUT2D eigenvalue weighted by Gasteiger charge is -2.24. The van der Waals surface area contributed by atoms with Crippen LogP contribution in [-0.2, 0) is 5.54 Å². The zero-order chi connectivity index (χ0) is 21.9. The number of anilines is 1. The first-order valence-electron chi connectivity index (χ1n) is 11.8. The molecule has 2 saturated heterocycles. The Bertz CT molecular complexity index is 1200. The van der Waals surface area contributed by atoms with Gasteiger partial charge in [0.05, 0.1) is 11.1 Å². The van der Waals surface area contributed by atoms with Crippen LogP contribution < -0.4 is 10.2 Å². The van der Waals surface area contributed by atoms with Gasteiger partial charge >= 0.3 is 0 Å². The van der Waals surface area contributed by atoms with E-state index < -0.39 is 0 Å². The molecular weight excluding hydrogens is 396 g/mol. The number of likely N-dealkylation sites (N-methyl/N-ethyl adjacent to an activating group) is 1. The lowest BCUT2D eigenvalue weighted by molar-refractivity contribution is 0.0930. The van der Waals surface area contributed by atoms with Crippen LogP contribution in [0.5, 0.6) is 0 Å². The third-order valence-electron chi connectivity index (χ3n) is 7.92. The highest BCUT2D eigenvalue weighted by Crippen LogP contribution is 2.48. The monoisotopic (exact) mass is 426 g/mol. The number of aryl methyl sites for hydroxylation is 1. The van der Waals surface area contributed by atoms with Crippen LogP contribution in [0.3, 0.4) is 0 Å². The van der Waals surface area contributed by atoms with Crippen molar-refractivity contribution in [2.24, 2.45) is 5.92 Å². The highest BCUT2D eigenvalue weighted by molar-refractivity contribution is 5.98. The van der Waals surface area contributed by atoms with Crippen molar-refractivity contribution in [2.75, 3.05) is 31.6 Å². The Labute approximate surface area is 189 Å². The number of hydrogen-bond donors (Lipinski definition) is 1. The van der Waals surface area contributed by atoms with E-state index in [0.717, 1.165) is 53.9 Å². The summed E-state index contributed by atoms with van der Waals surface area (Å²) in [4.78, 5) is 22.9. The van der Waals surface area contributed by atoms with Gasteiger partial charge in [-0.1, -0.05) is 24.3 Å². The second-order valence-corrected chi connectivity index (χ2v) is 9.91. The van der Waals surface area contributed by atoms with Gasteiger partial charge in [0.15, 0.2) is 0 Å². The average molecular weight is 427 g/mol. The summed E-state index contributed by atoms with van der Waals surface area (Å²) in [5.41, 5.74) is 4.86. The van der Waals surface area contributed by atoms with Gasteiger partial charge in [0.1, 0.15) is 0 Å². The molecule has 1 amide bonds. The van der Waals surface area contributed by atoms with E-state index in [-0.39, 0.29) is 11.4 Å². The standard InChI is InChI=1S/C27H30N4O/c1-18-7-8-20(31-16-19-10-14-30(2)25(19)17-31)15-22(18)26(32)29-27(11-12-27)23-9-13-28-24-6-4-3-5-21(23)24/h3-9,13,15,19,25H,10-12,14,16-17H2,1-2H3,(H,29,32)/t19-,25+/m1/s1. The molecule has 2 aromatic carbocycles. The number of amides is 1. The van der Waals surface area contributed by atoms with E-state index in [0.29, 0.717) is 6.04 Å². The van der Waals surface area contributed by atoms with Crippen LogP contribution in [0.2, 0.25) is 0 Å². The number of carbonyl (C=O) groups excluding carboxylic acids is 1. The molecular formula is C27H30N4O. The summed E-state index contributed by atoms with van der Waals surface area (Å²) in [5, 5.41) is 4.53. The number of likely N-dealkylation sites (tertiary alicyclic amines) is 1. The van der Waals surface area contributed by atoms with Gasteiger partial charge in [-0.3, -0.25) is 9.78 Å². The molecule has 5 nitrogen and oxygen atoms in total. The molecule has 5 heteroatoms. The van der Waals surface area contributed by atoms with Crippen molar-refractivity contribution in [3.05, 3.63) is 71.4 Å². The molecule has 1 aliphatic carbocycles. The summed E-state index contributed by atoms with van der Waals surface area (Å²) in [6.07, 6.45) is 5.07. The number of nitrogens with one attached hydrogen (secondary N) is 1. The van der Waals surface area contributed by atoms with Crippen molar-refractivity contribution < 1.29 is 4.79 Å². The maximum Gasteiger partial charge on any atom is 0.252 e. The molecule has 0 radical (unpaired) electrons. The van der Waals surface area contributed by atoms with E-state index in [1.165, 1.54) is 24.2 Å². The number of para-hydroxylation sites is 1. The molecule has 32 heavy (non-hydrogen) atoms. The molecule has 0 bridgehead atoms. The van der Waals surface area contributed by atoms with Crippen molar-refractivity contribution in [1.82, 2.24) is 15.2 Å². The first-order valence-corrected chi connectivity index (χ1v) is 11.8. The van der Waals surface area contributed by atoms with Crippen LogP contribution in [0, 0.1) is 12.8 Å². The summed E-state index contributed by atoms with van der Waals surface area (Å²) < 4.78 is 0. The number of aromatic nitrogens is 1. The second kappa shape index (κ2) is 7.31. The first kappa shape index (κ1) is 19.7. The molecule has 3 heterocycles. The zero-order valence-corrected chi connectivity index (χ0v) is 18.8. The number of rotatable bonds is 4. The number of fused-ring (bicyclic) bond motifs is 2. The van der Waals surface area contributed by atoms with Gasteiger partial charge in [-0.05, 0) is 81.1 Å². The summed E-state index contributed by atoms with van der Waals surface area (Å²) in [5.74, 6) is 0.771. The van der Waals surface area contributed by atoms with E-state index in [9.17, 15) is 4.79 Å². The van der Waals surface area contributed by atoms with Gasteiger partial charge < -0.3 is 15.1 Å². The number of nitrogens with zero attached hydrogens (tertiary/aromatic N) is 3.